The number of aromatic nitrogens is 7. The van der Waals surface area contributed by atoms with E-state index in [1.807, 2.05) is 24.3 Å². The molecule has 0 aliphatic carbocycles. The number of nitrogens with zero attached hydrogens (tertiary/aromatic N) is 4. The molecule has 144 valence electrons. The zero-order valence-corrected chi connectivity index (χ0v) is 15.5. The summed E-state index contributed by atoms with van der Waals surface area (Å²) >= 11 is 0. The molecule has 0 spiro atoms. The van der Waals surface area contributed by atoms with E-state index in [2.05, 4.69) is 35.3 Å². The number of hydrogen-bond donors (Lipinski definition) is 3. The van der Waals surface area contributed by atoms with E-state index in [0.29, 0.717) is 0 Å². The van der Waals surface area contributed by atoms with Gasteiger partial charge in [0.05, 0.1) is 35.0 Å². The van der Waals surface area contributed by atoms with Gasteiger partial charge in [-0.25, -0.2) is 4.39 Å². The average Bonchev–Trinajstić information content (AvgIpc) is 3.51. The van der Waals surface area contributed by atoms with Crippen molar-refractivity contribution in [2.75, 3.05) is 0 Å². The zero-order chi connectivity index (χ0) is 20.1. The Hall–Kier alpha value is -4.33. The minimum absolute atomic E-state index is 0.292. The molecule has 0 atom stereocenters. The third kappa shape index (κ3) is 2.58. The van der Waals surface area contributed by atoms with Crippen LogP contribution in [-0.4, -0.2) is 35.3 Å². The molecule has 6 aromatic rings. The highest BCUT2D eigenvalue weighted by molar-refractivity contribution is 6.00. The monoisotopic (exact) mass is 395 g/mol. The number of rotatable bonds is 3. The standard InChI is InChI=1S/C22H14FN7/c23-14-3-1-2-12(6-14)21-15-8-19(28-17(15)4-5-24-21)22-16-7-18(13-9-26-27-10-13)25-11-20(16)29-30-22/h1-11,28H,(H,26,27)(H,29,30). The SMILES string of the molecule is Fc1cccc(-c2nccc3[nH]c(-c4n[nH]c5cnc(-c6cn[nH]c6)cc45)cc23)c1. The van der Waals surface area contributed by atoms with E-state index in [9.17, 15) is 4.39 Å². The molecule has 0 saturated carbocycles. The van der Waals surface area contributed by atoms with Crippen LogP contribution < -0.4 is 0 Å². The van der Waals surface area contributed by atoms with Crippen molar-refractivity contribution >= 4 is 21.8 Å². The van der Waals surface area contributed by atoms with Crippen LogP contribution in [0.4, 0.5) is 4.39 Å². The van der Waals surface area contributed by atoms with E-state index in [1.165, 1.54) is 12.1 Å². The second-order valence-corrected chi connectivity index (χ2v) is 6.99. The molecule has 8 heteroatoms. The fourth-order valence-electron chi connectivity index (χ4n) is 3.72. The molecule has 5 aromatic heterocycles. The molecule has 0 radical (unpaired) electrons. The minimum atomic E-state index is -0.292. The van der Waals surface area contributed by atoms with Crippen LogP contribution in [0, 0.1) is 5.82 Å². The molecule has 1 aromatic carbocycles. The van der Waals surface area contributed by atoms with Gasteiger partial charge in [-0.3, -0.25) is 20.2 Å². The highest BCUT2D eigenvalue weighted by Gasteiger charge is 2.15. The van der Waals surface area contributed by atoms with Crippen molar-refractivity contribution < 1.29 is 4.39 Å². The lowest BCUT2D eigenvalue weighted by molar-refractivity contribution is 0.628. The number of hydrogen-bond acceptors (Lipinski definition) is 4. The van der Waals surface area contributed by atoms with Crippen LogP contribution in [0.2, 0.25) is 0 Å². The summed E-state index contributed by atoms with van der Waals surface area (Å²) < 4.78 is 13.7. The largest absolute Gasteiger partial charge is 0.353 e. The van der Waals surface area contributed by atoms with Crippen LogP contribution in [0.3, 0.4) is 0 Å². The number of fused-ring (bicyclic) bond motifs is 2. The van der Waals surface area contributed by atoms with Gasteiger partial charge >= 0.3 is 0 Å². The van der Waals surface area contributed by atoms with Crippen LogP contribution in [0.25, 0.3) is 55.7 Å². The van der Waals surface area contributed by atoms with Crippen LogP contribution in [0.5, 0.6) is 0 Å². The third-order valence-electron chi connectivity index (χ3n) is 5.14. The summed E-state index contributed by atoms with van der Waals surface area (Å²) in [6.45, 7) is 0. The normalized spacial score (nSPS) is 11.5. The Balaban J connectivity index is 1.53. The molecular formula is C22H14FN7. The molecule has 6 rings (SSSR count). The predicted octanol–water partition coefficient (Wildman–Crippen LogP) is 4.70. The van der Waals surface area contributed by atoms with Gasteiger partial charge in [-0.2, -0.15) is 10.2 Å². The Morgan fingerprint density at radius 2 is 1.77 bits per heavy atom. The number of H-pyrrole nitrogens is 3. The Morgan fingerprint density at radius 3 is 2.63 bits per heavy atom. The lowest BCUT2D eigenvalue weighted by atomic mass is 10.1. The van der Waals surface area contributed by atoms with Crippen molar-refractivity contribution in [1.29, 1.82) is 0 Å². The zero-order valence-electron chi connectivity index (χ0n) is 15.5. The maximum Gasteiger partial charge on any atom is 0.123 e. The van der Waals surface area contributed by atoms with Crippen LogP contribution in [0.15, 0.2) is 67.3 Å². The fraction of sp³-hybridized carbons (Fsp3) is 0. The third-order valence-corrected chi connectivity index (χ3v) is 5.14. The second kappa shape index (κ2) is 6.35. The predicted molar refractivity (Wildman–Crippen MR) is 112 cm³/mol. The van der Waals surface area contributed by atoms with Gasteiger partial charge in [0.25, 0.3) is 0 Å². The fourth-order valence-corrected chi connectivity index (χ4v) is 3.72. The Bertz CT molecular complexity index is 1510. The van der Waals surface area contributed by atoms with Gasteiger partial charge in [-0.05, 0) is 30.3 Å². The summed E-state index contributed by atoms with van der Waals surface area (Å²) in [4.78, 5) is 12.4. The summed E-state index contributed by atoms with van der Waals surface area (Å²) in [7, 11) is 0. The maximum atomic E-state index is 13.7. The lowest BCUT2D eigenvalue weighted by Crippen LogP contribution is -1.85. The quantitative estimate of drug-likeness (QED) is 0.404. The molecule has 7 nitrogen and oxygen atoms in total. The van der Waals surface area contributed by atoms with Gasteiger partial charge in [0, 0.05) is 39.8 Å². The molecule has 0 aliphatic rings. The van der Waals surface area contributed by atoms with Gasteiger partial charge in [-0.1, -0.05) is 12.1 Å². The van der Waals surface area contributed by atoms with E-state index < -0.39 is 0 Å². The summed E-state index contributed by atoms with van der Waals surface area (Å²) in [6.07, 6.45) is 7.00. The van der Waals surface area contributed by atoms with E-state index in [1.54, 1.807) is 30.9 Å². The van der Waals surface area contributed by atoms with Crippen LogP contribution >= 0.6 is 0 Å². The minimum Gasteiger partial charge on any atom is -0.353 e. The first kappa shape index (κ1) is 16.6. The van der Waals surface area contributed by atoms with Gasteiger partial charge in [-0.15, -0.1) is 0 Å². The molecule has 0 unspecified atom stereocenters. The smallest absolute Gasteiger partial charge is 0.123 e. The van der Waals surface area contributed by atoms with Gasteiger partial charge in [0.2, 0.25) is 0 Å². The van der Waals surface area contributed by atoms with Crippen molar-refractivity contribution in [3.8, 4) is 33.9 Å². The maximum absolute atomic E-state index is 13.7. The first-order valence-electron chi connectivity index (χ1n) is 9.33. The number of nitrogens with one attached hydrogen (secondary N) is 3. The van der Waals surface area contributed by atoms with Crippen molar-refractivity contribution in [2.24, 2.45) is 0 Å². The molecule has 0 aliphatic heterocycles. The Morgan fingerprint density at radius 1 is 0.833 bits per heavy atom. The van der Waals surface area contributed by atoms with Gasteiger partial charge < -0.3 is 4.98 Å². The molecule has 30 heavy (non-hydrogen) atoms. The molecular weight excluding hydrogens is 381 g/mol. The topological polar surface area (TPSA) is 98.9 Å². The molecule has 0 saturated heterocycles. The van der Waals surface area contributed by atoms with Crippen molar-refractivity contribution in [3.05, 3.63) is 73.1 Å². The van der Waals surface area contributed by atoms with Gasteiger partial charge in [0.1, 0.15) is 11.5 Å². The van der Waals surface area contributed by atoms with E-state index in [0.717, 1.165) is 55.7 Å². The molecule has 0 fully saturated rings. The van der Waals surface area contributed by atoms with Crippen molar-refractivity contribution in [3.63, 3.8) is 0 Å². The number of halogens is 1. The second-order valence-electron chi connectivity index (χ2n) is 6.99. The van der Waals surface area contributed by atoms with Gasteiger partial charge in [0.15, 0.2) is 0 Å². The summed E-state index contributed by atoms with van der Waals surface area (Å²) in [5.41, 5.74) is 6.50. The average molecular weight is 395 g/mol. The highest BCUT2D eigenvalue weighted by atomic mass is 19.1. The number of benzene rings is 1. The van der Waals surface area contributed by atoms with Crippen LogP contribution in [0.1, 0.15) is 0 Å². The highest BCUT2D eigenvalue weighted by Crippen LogP contribution is 2.33. The van der Waals surface area contributed by atoms with E-state index in [-0.39, 0.29) is 5.82 Å². The molecule has 5 heterocycles. The molecule has 3 N–H and O–H groups in total. The lowest BCUT2D eigenvalue weighted by Gasteiger charge is -2.02. The van der Waals surface area contributed by atoms with E-state index >= 15 is 0 Å². The first-order chi connectivity index (χ1) is 14.8. The molecule has 0 amide bonds. The van der Waals surface area contributed by atoms with Crippen molar-refractivity contribution in [2.45, 2.75) is 0 Å². The van der Waals surface area contributed by atoms with E-state index in [4.69, 9.17) is 0 Å². The first-order valence-corrected chi connectivity index (χ1v) is 9.33. The summed E-state index contributed by atoms with van der Waals surface area (Å²) in [6, 6.07) is 12.3. The molecule has 0 bridgehead atoms. The Kier molecular flexibility index (Phi) is 3.51. The summed E-state index contributed by atoms with van der Waals surface area (Å²) in [5.74, 6) is -0.292. The Labute approximate surface area is 169 Å². The van der Waals surface area contributed by atoms with Crippen LogP contribution in [-0.2, 0) is 0 Å². The van der Waals surface area contributed by atoms with Crippen molar-refractivity contribution in [1.82, 2.24) is 35.3 Å². The summed E-state index contributed by atoms with van der Waals surface area (Å²) in [5, 5.41) is 16.2. The number of aromatic amines is 3. The number of pyridine rings is 2.